The first-order chi connectivity index (χ1) is 13.3. The van der Waals surface area contributed by atoms with E-state index in [1.165, 1.54) is 6.92 Å². The Bertz CT molecular complexity index is 685. The second-order valence-electron chi connectivity index (χ2n) is 6.72. The second-order valence-corrected chi connectivity index (χ2v) is 6.72. The van der Waals surface area contributed by atoms with Gasteiger partial charge in [-0.15, -0.1) is 5.10 Å². The molecule has 28 heavy (non-hydrogen) atoms. The van der Waals surface area contributed by atoms with E-state index in [0.29, 0.717) is 6.01 Å². The van der Waals surface area contributed by atoms with Crippen LogP contribution in [-0.2, 0) is 9.59 Å². The van der Waals surface area contributed by atoms with Crippen molar-refractivity contribution < 1.29 is 29.0 Å². The van der Waals surface area contributed by atoms with Gasteiger partial charge in [0.1, 0.15) is 6.04 Å². The SMILES string of the molecule is CC(O)[C@H](NC(=O)N[C@@H](CC(N)=O)c1nnc(N2CCCCCC2)o1)C(=O)O. The van der Waals surface area contributed by atoms with Gasteiger partial charge in [0.2, 0.25) is 11.8 Å². The Kier molecular flexibility index (Phi) is 7.55. The zero-order chi connectivity index (χ0) is 20.7. The van der Waals surface area contributed by atoms with E-state index < -0.39 is 36.1 Å². The Morgan fingerprint density at radius 1 is 1.18 bits per heavy atom. The van der Waals surface area contributed by atoms with Crippen LogP contribution in [0.2, 0.25) is 0 Å². The largest absolute Gasteiger partial charge is 0.480 e. The predicted molar refractivity (Wildman–Crippen MR) is 96.3 cm³/mol. The Morgan fingerprint density at radius 2 is 1.82 bits per heavy atom. The number of aliphatic hydroxyl groups excluding tert-OH is 1. The molecule has 0 aromatic carbocycles. The molecule has 0 saturated carbocycles. The van der Waals surface area contributed by atoms with E-state index in [2.05, 4.69) is 20.8 Å². The number of urea groups is 1. The molecule has 2 heterocycles. The molecule has 1 unspecified atom stereocenters. The second kappa shape index (κ2) is 9.88. The number of carbonyl (C=O) groups is 3. The molecule has 2 rings (SSSR count). The monoisotopic (exact) mass is 398 g/mol. The maximum atomic E-state index is 12.1. The molecule has 0 bridgehead atoms. The van der Waals surface area contributed by atoms with Crippen molar-refractivity contribution in [2.24, 2.45) is 5.73 Å². The topological polar surface area (TPSA) is 184 Å². The summed E-state index contributed by atoms with van der Waals surface area (Å²) in [4.78, 5) is 36.5. The number of primary amides is 1. The van der Waals surface area contributed by atoms with Crippen molar-refractivity contribution in [1.29, 1.82) is 0 Å². The van der Waals surface area contributed by atoms with Gasteiger partial charge < -0.3 is 35.9 Å². The molecule has 1 aliphatic heterocycles. The van der Waals surface area contributed by atoms with Crippen molar-refractivity contribution in [2.45, 2.75) is 57.2 Å². The van der Waals surface area contributed by atoms with E-state index in [1.807, 2.05) is 4.90 Å². The molecule has 156 valence electrons. The van der Waals surface area contributed by atoms with Gasteiger partial charge in [-0.05, 0) is 19.8 Å². The quantitative estimate of drug-likeness (QED) is 0.385. The lowest BCUT2D eigenvalue weighted by atomic mass is 10.2. The van der Waals surface area contributed by atoms with E-state index in [1.54, 1.807) is 0 Å². The summed E-state index contributed by atoms with van der Waals surface area (Å²) in [5.41, 5.74) is 5.23. The minimum absolute atomic E-state index is 0.0166. The van der Waals surface area contributed by atoms with Gasteiger partial charge in [0.25, 0.3) is 0 Å². The van der Waals surface area contributed by atoms with Crippen molar-refractivity contribution in [3.05, 3.63) is 5.89 Å². The minimum atomic E-state index is -1.52. The highest BCUT2D eigenvalue weighted by Crippen LogP contribution is 2.22. The van der Waals surface area contributed by atoms with Crippen molar-refractivity contribution in [2.75, 3.05) is 18.0 Å². The van der Waals surface area contributed by atoms with Crippen molar-refractivity contribution in [3.8, 4) is 0 Å². The number of nitrogens with two attached hydrogens (primary N) is 1. The van der Waals surface area contributed by atoms with Crippen molar-refractivity contribution in [3.63, 3.8) is 0 Å². The molecule has 0 spiro atoms. The van der Waals surface area contributed by atoms with Crippen molar-refractivity contribution >= 4 is 23.9 Å². The fraction of sp³-hybridized carbons (Fsp3) is 0.688. The standard InChI is InChI=1S/C16H26N6O6/c1-9(23)12(14(25)26)19-15(27)18-10(8-11(17)24)13-20-21-16(28-13)22-6-4-2-3-5-7-22/h9-10,12,23H,2-8H2,1H3,(H2,17,24)(H,25,26)(H2,18,19,27)/t9?,10-,12-/m0/s1. The number of carboxylic acid groups (broad SMARTS) is 1. The van der Waals surface area contributed by atoms with Gasteiger partial charge >= 0.3 is 18.0 Å². The molecule has 1 aromatic heterocycles. The number of carboxylic acids is 1. The summed E-state index contributed by atoms with van der Waals surface area (Å²) < 4.78 is 5.63. The molecular weight excluding hydrogens is 372 g/mol. The number of hydrogen-bond acceptors (Lipinski definition) is 8. The van der Waals surface area contributed by atoms with E-state index >= 15 is 0 Å². The zero-order valence-electron chi connectivity index (χ0n) is 15.6. The molecule has 0 aliphatic carbocycles. The molecule has 6 N–H and O–H groups in total. The maximum Gasteiger partial charge on any atom is 0.328 e. The molecule has 1 fully saturated rings. The van der Waals surface area contributed by atoms with Crippen LogP contribution >= 0.6 is 0 Å². The van der Waals surface area contributed by atoms with Gasteiger partial charge in [-0.3, -0.25) is 4.79 Å². The Labute approximate surface area is 161 Å². The lowest BCUT2D eigenvalue weighted by Gasteiger charge is -2.20. The molecule has 12 nitrogen and oxygen atoms in total. The average molecular weight is 398 g/mol. The van der Waals surface area contributed by atoms with Gasteiger partial charge in [0.05, 0.1) is 12.5 Å². The normalized spacial score (nSPS) is 17.9. The summed E-state index contributed by atoms with van der Waals surface area (Å²) in [7, 11) is 0. The highest BCUT2D eigenvalue weighted by Gasteiger charge is 2.29. The van der Waals surface area contributed by atoms with Crippen LogP contribution in [0.3, 0.4) is 0 Å². The van der Waals surface area contributed by atoms with Crippen LogP contribution in [0.4, 0.5) is 10.8 Å². The zero-order valence-corrected chi connectivity index (χ0v) is 15.6. The van der Waals surface area contributed by atoms with Crippen LogP contribution in [0.1, 0.15) is 51.0 Å². The van der Waals surface area contributed by atoms with Crippen LogP contribution in [0.5, 0.6) is 0 Å². The molecule has 3 atom stereocenters. The fourth-order valence-corrected chi connectivity index (χ4v) is 2.89. The molecule has 3 amide bonds. The van der Waals surface area contributed by atoms with Gasteiger partial charge in [0, 0.05) is 13.1 Å². The number of amides is 3. The summed E-state index contributed by atoms with van der Waals surface area (Å²) >= 11 is 0. The lowest BCUT2D eigenvalue weighted by Crippen LogP contribution is -2.52. The van der Waals surface area contributed by atoms with Crippen LogP contribution < -0.4 is 21.3 Å². The Morgan fingerprint density at radius 3 is 2.36 bits per heavy atom. The summed E-state index contributed by atoms with van der Waals surface area (Å²) in [6, 6.07) is -3.19. The van der Waals surface area contributed by atoms with Crippen LogP contribution in [-0.4, -0.2) is 63.6 Å². The Balaban J connectivity index is 2.09. The predicted octanol–water partition coefficient (Wildman–Crippen LogP) is -0.500. The number of nitrogens with zero attached hydrogens (tertiary/aromatic N) is 3. The van der Waals surface area contributed by atoms with E-state index in [9.17, 15) is 19.5 Å². The number of aliphatic carboxylic acids is 1. The Hall–Kier alpha value is -2.89. The van der Waals surface area contributed by atoms with E-state index in [0.717, 1.165) is 38.8 Å². The van der Waals surface area contributed by atoms with Gasteiger partial charge in [0.15, 0.2) is 6.04 Å². The highest BCUT2D eigenvalue weighted by molar-refractivity contribution is 5.83. The molecule has 0 radical (unpaired) electrons. The average Bonchev–Trinajstić information content (AvgIpc) is 2.94. The third-order valence-corrected chi connectivity index (χ3v) is 4.35. The number of aromatic nitrogens is 2. The van der Waals surface area contributed by atoms with Crippen LogP contribution in [0, 0.1) is 0 Å². The highest BCUT2D eigenvalue weighted by atomic mass is 16.4. The molecule has 1 aromatic rings. The van der Waals surface area contributed by atoms with Crippen molar-refractivity contribution in [1.82, 2.24) is 20.8 Å². The number of anilines is 1. The van der Waals surface area contributed by atoms with Gasteiger partial charge in [-0.1, -0.05) is 17.9 Å². The number of aliphatic hydroxyl groups is 1. The first-order valence-corrected chi connectivity index (χ1v) is 9.12. The van der Waals surface area contributed by atoms with E-state index in [4.69, 9.17) is 15.3 Å². The first-order valence-electron chi connectivity index (χ1n) is 9.12. The summed E-state index contributed by atoms with van der Waals surface area (Å²) in [6.45, 7) is 2.76. The van der Waals surface area contributed by atoms with Crippen LogP contribution in [0.25, 0.3) is 0 Å². The summed E-state index contributed by atoms with van der Waals surface area (Å²) in [5, 5.41) is 30.9. The van der Waals surface area contributed by atoms with Crippen LogP contribution in [0.15, 0.2) is 4.42 Å². The third-order valence-electron chi connectivity index (χ3n) is 4.35. The molecule has 12 heteroatoms. The molecule has 1 aliphatic rings. The number of rotatable bonds is 8. The maximum absolute atomic E-state index is 12.1. The third kappa shape index (κ3) is 6.08. The first kappa shape index (κ1) is 21.4. The van der Waals surface area contributed by atoms with Gasteiger partial charge in [-0.25, -0.2) is 9.59 Å². The number of hydrogen-bond donors (Lipinski definition) is 5. The number of nitrogens with one attached hydrogen (secondary N) is 2. The van der Waals surface area contributed by atoms with Gasteiger partial charge in [-0.2, -0.15) is 0 Å². The molecule has 1 saturated heterocycles. The summed E-state index contributed by atoms with van der Waals surface area (Å²) in [5.74, 6) is -2.14. The lowest BCUT2D eigenvalue weighted by molar-refractivity contribution is -0.141. The van der Waals surface area contributed by atoms with E-state index in [-0.39, 0.29) is 12.3 Å². The fourth-order valence-electron chi connectivity index (χ4n) is 2.89. The summed E-state index contributed by atoms with van der Waals surface area (Å²) in [6.07, 6.45) is 2.60. The molecular formula is C16H26N6O6. The smallest absolute Gasteiger partial charge is 0.328 e. The minimum Gasteiger partial charge on any atom is -0.480 e. The number of carbonyl (C=O) groups excluding carboxylic acids is 2.